The second kappa shape index (κ2) is 9.05. The van der Waals surface area contributed by atoms with Crippen molar-refractivity contribution in [3.63, 3.8) is 0 Å². The predicted octanol–water partition coefficient (Wildman–Crippen LogP) is 5.07. The van der Waals surface area contributed by atoms with Gasteiger partial charge in [0.25, 0.3) is 0 Å². The van der Waals surface area contributed by atoms with E-state index in [-0.39, 0.29) is 19.0 Å². The second-order valence-electron chi connectivity index (χ2n) is 7.92. The lowest BCUT2D eigenvalue weighted by Gasteiger charge is -2.24. The van der Waals surface area contributed by atoms with E-state index < -0.39 is 11.7 Å². The molecule has 0 atom stereocenters. The number of hydrogen-bond acceptors (Lipinski definition) is 4. The highest BCUT2D eigenvalue weighted by atomic mass is 19.4. The van der Waals surface area contributed by atoms with Crippen LogP contribution in [0.3, 0.4) is 0 Å². The average molecular weight is 476 g/mol. The van der Waals surface area contributed by atoms with E-state index in [1.165, 1.54) is 15.6 Å². The maximum absolute atomic E-state index is 13.5. The summed E-state index contributed by atoms with van der Waals surface area (Å²) in [6.07, 6.45) is -1.17. The molecule has 0 saturated heterocycles. The first-order valence-electron chi connectivity index (χ1n) is 10.7. The van der Waals surface area contributed by atoms with Crippen LogP contribution in [0.15, 0.2) is 85.3 Å². The van der Waals surface area contributed by atoms with E-state index >= 15 is 0 Å². The Kier molecular flexibility index (Phi) is 5.77. The molecule has 1 N–H and O–H groups in total. The number of rotatable bonds is 6. The first-order valence-corrected chi connectivity index (χ1v) is 10.7. The van der Waals surface area contributed by atoms with E-state index in [0.29, 0.717) is 22.3 Å². The summed E-state index contributed by atoms with van der Waals surface area (Å²) in [5.41, 5.74) is 3.04. The maximum Gasteiger partial charge on any atom is 0.416 e. The minimum absolute atomic E-state index is 0.0445. The molecule has 2 heterocycles. The lowest BCUT2D eigenvalue weighted by Crippen LogP contribution is -2.33. The van der Waals surface area contributed by atoms with Crippen LogP contribution < -0.4 is 4.90 Å². The lowest BCUT2D eigenvalue weighted by atomic mass is 10.1. The van der Waals surface area contributed by atoms with Crippen LogP contribution in [-0.2, 0) is 24.1 Å². The van der Waals surface area contributed by atoms with Crippen LogP contribution >= 0.6 is 0 Å². The lowest BCUT2D eigenvalue weighted by molar-refractivity contribution is -0.137. The summed E-state index contributed by atoms with van der Waals surface area (Å²) in [4.78, 5) is 22.0. The summed E-state index contributed by atoms with van der Waals surface area (Å²) < 4.78 is 41.3. The van der Waals surface area contributed by atoms with Crippen LogP contribution in [0.4, 0.5) is 18.9 Å². The largest absolute Gasteiger partial charge is 0.416 e. The fourth-order valence-electron chi connectivity index (χ4n) is 3.83. The topological polar surface area (TPSA) is 79.7 Å². The van der Waals surface area contributed by atoms with Crippen LogP contribution in [0.25, 0.3) is 22.3 Å². The van der Waals surface area contributed by atoms with Gasteiger partial charge in [-0.3, -0.25) is 4.79 Å². The van der Waals surface area contributed by atoms with Crippen LogP contribution in [0.1, 0.15) is 11.1 Å². The van der Waals surface area contributed by atoms with Crippen LogP contribution in [0.5, 0.6) is 0 Å². The van der Waals surface area contributed by atoms with Gasteiger partial charge in [0.2, 0.25) is 5.91 Å². The number of anilines is 1. The third kappa shape index (κ3) is 4.77. The summed E-state index contributed by atoms with van der Waals surface area (Å²) in [6, 6.07) is 19.3. The summed E-state index contributed by atoms with van der Waals surface area (Å²) >= 11 is 0. The molecule has 0 spiro atoms. The number of nitrogens with one attached hydrogen (secondary N) is 1. The van der Waals surface area contributed by atoms with Crippen molar-refractivity contribution in [3.8, 4) is 11.3 Å². The second-order valence-corrected chi connectivity index (χ2v) is 7.92. The van der Waals surface area contributed by atoms with Gasteiger partial charge in [0.1, 0.15) is 12.1 Å². The van der Waals surface area contributed by atoms with Gasteiger partial charge in [-0.25, -0.2) is 9.67 Å². The summed E-state index contributed by atoms with van der Waals surface area (Å²) in [7, 11) is 0. The molecule has 1 amide bonds. The number of carbonyl (C=O) groups excluding carboxylic acids is 1. The van der Waals surface area contributed by atoms with Gasteiger partial charge in [0.15, 0.2) is 0 Å². The molecule has 0 aliphatic carbocycles. The monoisotopic (exact) mass is 476 g/mol. The number of imidazole rings is 1. The zero-order valence-electron chi connectivity index (χ0n) is 18.3. The smallest absolute Gasteiger partial charge is 0.351 e. The molecule has 10 heteroatoms. The Labute approximate surface area is 197 Å². The van der Waals surface area contributed by atoms with Gasteiger partial charge in [-0.2, -0.15) is 13.2 Å². The molecular weight excluding hydrogens is 457 g/mol. The number of alkyl halides is 3. The molecule has 0 aliphatic rings. The highest BCUT2D eigenvalue weighted by Gasteiger charge is 2.30. The minimum Gasteiger partial charge on any atom is -0.351 e. The quantitative estimate of drug-likeness (QED) is 0.371. The van der Waals surface area contributed by atoms with Gasteiger partial charge in [-0.1, -0.05) is 41.6 Å². The zero-order chi connectivity index (χ0) is 24.4. The number of nitrogens with zero attached hydrogens (tertiary/aromatic N) is 5. The number of fused-ring (bicyclic) bond motifs is 1. The van der Waals surface area contributed by atoms with Crippen LogP contribution in [-0.4, -0.2) is 30.9 Å². The molecule has 0 saturated carbocycles. The van der Waals surface area contributed by atoms with Crippen molar-refractivity contribution in [2.24, 2.45) is 0 Å². The Morgan fingerprint density at radius 2 is 1.80 bits per heavy atom. The van der Waals surface area contributed by atoms with E-state index in [9.17, 15) is 18.0 Å². The predicted molar refractivity (Wildman–Crippen MR) is 124 cm³/mol. The number of para-hydroxylation sites is 1. The van der Waals surface area contributed by atoms with Gasteiger partial charge < -0.3 is 9.88 Å². The standard InChI is InChI=1S/C25H19F3N6O/c26-25(27,28)19-5-3-4-17(12-19)14-33(20-10-8-18(9-11-20)22-13-29-16-30-22)24(35)15-34-23-7-2-1-6-21(23)31-32-34/h1-13,16H,14-15H2,(H,29,30). The van der Waals surface area contributed by atoms with Crippen molar-refractivity contribution in [2.45, 2.75) is 19.3 Å². The zero-order valence-corrected chi connectivity index (χ0v) is 18.3. The molecule has 0 unspecified atom stereocenters. The van der Waals surface area contributed by atoms with Gasteiger partial charge in [-0.05, 0) is 42.0 Å². The molecule has 176 valence electrons. The first kappa shape index (κ1) is 22.3. The Morgan fingerprint density at radius 3 is 2.54 bits per heavy atom. The van der Waals surface area contributed by atoms with Gasteiger partial charge in [0, 0.05) is 17.4 Å². The maximum atomic E-state index is 13.5. The van der Waals surface area contributed by atoms with Crippen molar-refractivity contribution >= 4 is 22.6 Å². The molecule has 0 fully saturated rings. The van der Waals surface area contributed by atoms with E-state index in [2.05, 4.69) is 20.3 Å². The molecule has 3 aromatic carbocycles. The van der Waals surface area contributed by atoms with Crippen molar-refractivity contribution in [3.05, 3.63) is 96.4 Å². The normalized spacial score (nSPS) is 11.6. The van der Waals surface area contributed by atoms with Crippen molar-refractivity contribution in [1.29, 1.82) is 0 Å². The number of benzene rings is 3. The van der Waals surface area contributed by atoms with E-state index in [1.54, 1.807) is 42.9 Å². The van der Waals surface area contributed by atoms with Gasteiger partial charge >= 0.3 is 6.18 Å². The molecule has 35 heavy (non-hydrogen) atoms. The first-order chi connectivity index (χ1) is 16.9. The van der Waals surface area contributed by atoms with Crippen LogP contribution in [0.2, 0.25) is 0 Å². The van der Waals surface area contributed by atoms with Crippen molar-refractivity contribution < 1.29 is 18.0 Å². The molecule has 0 bridgehead atoms. The summed E-state index contributed by atoms with van der Waals surface area (Å²) in [6.45, 7) is -0.169. The molecular formula is C25H19F3N6O. The summed E-state index contributed by atoms with van der Waals surface area (Å²) in [5.74, 6) is -0.342. The fourth-order valence-corrected chi connectivity index (χ4v) is 3.83. The average Bonchev–Trinajstić information content (AvgIpc) is 3.53. The van der Waals surface area contributed by atoms with Gasteiger partial charge in [-0.15, -0.1) is 5.10 Å². The Bertz CT molecular complexity index is 1460. The number of hydrogen-bond donors (Lipinski definition) is 1. The highest BCUT2D eigenvalue weighted by Crippen LogP contribution is 2.30. The number of H-pyrrole nitrogens is 1. The van der Waals surface area contributed by atoms with E-state index in [0.717, 1.165) is 23.4 Å². The number of aromatic nitrogens is 5. The highest BCUT2D eigenvalue weighted by molar-refractivity contribution is 5.94. The fraction of sp³-hybridized carbons (Fsp3) is 0.120. The third-order valence-corrected chi connectivity index (χ3v) is 5.57. The Morgan fingerprint density at radius 1 is 1.00 bits per heavy atom. The van der Waals surface area contributed by atoms with E-state index in [1.807, 2.05) is 24.3 Å². The van der Waals surface area contributed by atoms with Gasteiger partial charge in [0.05, 0.1) is 29.6 Å². The molecule has 0 aliphatic heterocycles. The molecule has 2 aromatic heterocycles. The number of amides is 1. The third-order valence-electron chi connectivity index (χ3n) is 5.57. The molecule has 7 nitrogen and oxygen atoms in total. The summed E-state index contributed by atoms with van der Waals surface area (Å²) in [5, 5.41) is 8.15. The Hall–Kier alpha value is -4.47. The molecule has 0 radical (unpaired) electrons. The Balaban J connectivity index is 1.48. The SMILES string of the molecule is O=C(Cn1nnc2ccccc21)N(Cc1cccc(C(F)(F)F)c1)c1ccc(-c2c[nH]cn2)cc1. The van der Waals surface area contributed by atoms with E-state index in [4.69, 9.17) is 0 Å². The van der Waals surface area contributed by atoms with Crippen LogP contribution in [0, 0.1) is 0 Å². The minimum atomic E-state index is -4.48. The number of carbonyl (C=O) groups is 1. The molecule has 5 aromatic rings. The van der Waals surface area contributed by atoms with Crippen molar-refractivity contribution in [1.82, 2.24) is 25.0 Å². The van der Waals surface area contributed by atoms with Crippen molar-refractivity contribution in [2.75, 3.05) is 4.90 Å². The molecule has 5 rings (SSSR count). The number of halogens is 3. The number of aromatic amines is 1.